The molecule has 0 amide bonds. The van der Waals surface area contributed by atoms with E-state index in [9.17, 15) is 0 Å². The Balaban J connectivity index is 2.03. The van der Waals surface area contributed by atoms with Crippen molar-refractivity contribution >= 4 is 11.6 Å². The largest absolute Gasteiger partial charge is 0.304 e. The summed E-state index contributed by atoms with van der Waals surface area (Å²) >= 11 is 5.93. The molecule has 4 nitrogen and oxygen atoms in total. The molecule has 19 heavy (non-hydrogen) atoms. The van der Waals surface area contributed by atoms with Crippen LogP contribution in [-0.4, -0.2) is 49.6 Å². The predicted molar refractivity (Wildman–Crippen MR) is 80.0 cm³/mol. The number of nitrogens with one attached hydrogen (secondary N) is 1. The van der Waals surface area contributed by atoms with E-state index < -0.39 is 0 Å². The van der Waals surface area contributed by atoms with Crippen LogP contribution in [-0.2, 0) is 0 Å². The van der Waals surface area contributed by atoms with Gasteiger partial charge >= 0.3 is 0 Å². The number of piperazine rings is 1. The van der Waals surface area contributed by atoms with Crippen molar-refractivity contribution < 1.29 is 0 Å². The van der Waals surface area contributed by atoms with Gasteiger partial charge in [-0.15, -0.1) is 0 Å². The zero-order chi connectivity index (χ0) is 13.8. The summed E-state index contributed by atoms with van der Waals surface area (Å²) in [6.45, 7) is 3.33. The van der Waals surface area contributed by atoms with Crippen molar-refractivity contribution in [2.24, 2.45) is 5.84 Å². The molecule has 0 saturated carbocycles. The van der Waals surface area contributed by atoms with E-state index in [1.807, 2.05) is 24.3 Å². The second-order valence-electron chi connectivity index (χ2n) is 5.40. The van der Waals surface area contributed by atoms with E-state index in [1.54, 1.807) is 0 Å². The summed E-state index contributed by atoms with van der Waals surface area (Å²) in [5.74, 6) is 5.73. The van der Waals surface area contributed by atoms with Gasteiger partial charge < -0.3 is 9.80 Å². The van der Waals surface area contributed by atoms with E-state index in [-0.39, 0.29) is 6.04 Å². The highest BCUT2D eigenvalue weighted by molar-refractivity contribution is 6.30. The van der Waals surface area contributed by atoms with Gasteiger partial charge in [0.15, 0.2) is 0 Å². The Hall–Kier alpha value is -0.650. The van der Waals surface area contributed by atoms with Gasteiger partial charge in [-0.25, -0.2) is 0 Å². The number of benzene rings is 1. The Bertz CT molecular complexity index is 395. The molecule has 106 valence electrons. The molecule has 1 aromatic carbocycles. The lowest BCUT2D eigenvalue weighted by Gasteiger charge is -2.39. The molecular weight excluding hydrogens is 260 g/mol. The molecule has 2 atom stereocenters. The summed E-state index contributed by atoms with van der Waals surface area (Å²) in [6, 6.07) is 8.60. The topological polar surface area (TPSA) is 44.5 Å². The Kier molecular flexibility index (Phi) is 5.19. The second kappa shape index (κ2) is 6.68. The fraction of sp³-hybridized carbons (Fsp3) is 0.571. The van der Waals surface area contributed by atoms with Crippen LogP contribution in [0.2, 0.25) is 5.02 Å². The van der Waals surface area contributed by atoms with Crippen molar-refractivity contribution in [3.63, 3.8) is 0 Å². The summed E-state index contributed by atoms with van der Waals surface area (Å²) in [4.78, 5) is 4.79. The first-order valence-electron chi connectivity index (χ1n) is 6.70. The van der Waals surface area contributed by atoms with Gasteiger partial charge in [-0.3, -0.25) is 11.3 Å². The van der Waals surface area contributed by atoms with Crippen LogP contribution in [0.3, 0.4) is 0 Å². The van der Waals surface area contributed by atoms with Crippen molar-refractivity contribution in [2.75, 3.05) is 33.7 Å². The Labute approximate surface area is 120 Å². The molecule has 0 aliphatic carbocycles. The molecular formula is C14H23ClN4. The lowest BCUT2D eigenvalue weighted by atomic mass is 9.98. The summed E-state index contributed by atoms with van der Waals surface area (Å²) in [5, 5.41) is 0.758. The highest BCUT2D eigenvalue weighted by Gasteiger charge is 2.25. The van der Waals surface area contributed by atoms with Gasteiger partial charge in [-0.2, -0.15) is 0 Å². The average molecular weight is 283 g/mol. The number of hydrogen-bond donors (Lipinski definition) is 2. The maximum absolute atomic E-state index is 5.93. The van der Waals surface area contributed by atoms with Crippen molar-refractivity contribution in [1.82, 2.24) is 15.2 Å². The highest BCUT2D eigenvalue weighted by Crippen LogP contribution is 2.23. The fourth-order valence-corrected chi connectivity index (χ4v) is 2.75. The number of nitrogens with two attached hydrogens (primary N) is 1. The summed E-state index contributed by atoms with van der Waals surface area (Å²) in [7, 11) is 4.36. The van der Waals surface area contributed by atoms with Gasteiger partial charge in [0.2, 0.25) is 0 Å². The first-order valence-corrected chi connectivity index (χ1v) is 7.08. The van der Waals surface area contributed by atoms with E-state index in [0.717, 1.165) is 31.1 Å². The van der Waals surface area contributed by atoms with Crippen LogP contribution in [0.4, 0.5) is 0 Å². The van der Waals surface area contributed by atoms with Crippen LogP contribution in [0.15, 0.2) is 24.3 Å². The number of hydrogen-bond acceptors (Lipinski definition) is 4. The van der Waals surface area contributed by atoms with Crippen LogP contribution < -0.4 is 11.3 Å². The monoisotopic (exact) mass is 282 g/mol. The SMILES string of the molecule is CN1CCN(C)C(CC(NN)c2ccc(Cl)cc2)C1. The first-order chi connectivity index (χ1) is 9.10. The third kappa shape index (κ3) is 3.91. The predicted octanol–water partition coefficient (Wildman–Crippen LogP) is 1.48. The zero-order valence-corrected chi connectivity index (χ0v) is 12.4. The minimum atomic E-state index is 0.163. The van der Waals surface area contributed by atoms with E-state index in [4.69, 9.17) is 17.4 Å². The van der Waals surface area contributed by atoms with Gasteiger partial charge in [-0.05, 0) is 38.2 Å². The normalized spacial score (nSPS) is 23.5. The van der Waals surface area contributed by atoms with Crippen LogP contribution in [0.25, 0.3) is 0 Å². The minimum Gasteiger partial charge on any atom is -0.304 e. The molecule has 2 rings (SSSR count). The molecule has 5 heteroatoms. The summed E-state index contributed by atoms with van der Waals surface area (Å²) < 4.78 is 0. The third-order valence-corrected chi connectivity index (χ3v) is 4.21. The van der Waals surface area contributed by atoms with E-state index in [2.05, 4.69) is 29.3 Å². The number of hydrazine groups is 1. The lowest BCUT2D eigenvalue weighted by molar-refractivity contribution is 0.101. The Morgan fingerprint density at radius 1 is 1.32 bits per heavy atom. The molecule has 1 heterocycles. The molecule has 0 spiro atoms. The van der Waals surface area contributed by atoms with Crippen LogP contribution in [0.5, 0.6) is 0 Å². The molecule has 0 radical (unpaired) electrons. The fourth-order valence-electron chi connectivity index (χ4n) is 2.62. The molecule has 0 aromatic heterocycles. The molecule has 3 N–H and O–H groups in total. The molecule has 1 aliphatic rings. The molecule has 1 aliphatic heterocycles. The van der Waals surface area contributed by atoms with Gasteiger partial charge in [0.1, 0.15) is 0 Å². The van der Waals surface area contributed by atoms with Crippen molar-refractivity contribution in [2.45, 2.75) is 18.5 Å². The Morgan fingerprint density at radius 3 is 2.63 bits per heavy atom. The van der Waals surface area contributed by atoms with Crippen molar-refractivity contribution in [3.05, 3.63) is 34.9 Å². The minimum absolute atomic E-state index is 0.163. The average Bonchev–Trinajstić information content (AvgIpc) is 2.41. The van der Waals surface area contributed by atoms with Gasteiger partial charge in [0.25, 0.3) is 0 Å². The van der Waals surface area contributed by atoms with E-state index in [0.29, 0.717) is 6.04 Å². The maximum Gasteiger partial charge on any atom is 0.0475 e. The van der Waals surface area contributed by atoms with Gasteiger partial charge in [0.05, 0.1) is 0 Å². The Morgan fingerprint density at radius 2 is 2.00 bits per heavy atom. The van der Waals surface area contributed by atoms with Crippen molar-refractivity contribution in [3.8, 4) is 0 Å². The van der Waals surface area contributed by atoms with Crippen LogP contribution >= 0.6 is 11.6 Å². The third-order valence-electron chi connectivity index (χ3n) is 3.96. The van der Waals surface area contributed by atoms with E-state index >= 15 is 0 Å². The first kappa shape index (κ1) is 14.8. The smallest absolute Gasteiger partial charge is 0.0475 e. The summed E-state index contributed by atoms with van der Waals surface area (Å²) in [5.41, 5.74) is 4.12. The number of rotatable bonds is 4. The highest BCUT2D eigenvalue weighted by atomic mass is 35.5. The second-order valence-corrected chi connectivity index (χ2v) is 5.84. The summed E-state index contributed by atoms with van der Waals surface area (Å²) in [6.07, 6.45) is 0.999. The molecule has 1 saturated heterocycles. The maximum atomic E-state index is 5.93. The molecule has 0 bridgehead atoms. The molecule has 1 fully saturated rings. The van der Waals surface area contributed by atoms with Gasteiger partial charge in [0, 0.05) is 36.7 Å². The van der Waals surface area contributed by atoms with Gasteiger partial charge in [-0.1, -0.05) is 23.7 Å². The number of likely N-dealkylation sites (N-methyl/N-ethyl adjacent to an activating group) is 2. The molecule has 2 unspecified atom stereocenters. The lowest BCUT2D eigenvalue weighted by Crippen LogP contribution is -2.51. The standard InChI is InChI=1S/C14H23ClN4/c1-18-7-8-19(2)13(10-18)9-14(17-16)11-3-5-12(15)6-4-11/h3-6,13-14,17H,7-10,16H2,1-2H3. The van der Waals surface area contributed by atoms with Crippen LogP contribution in [0.1, 0.15) is 18.0 Å². The number of nitrogens with zero attached hydrogens (tertiary/aromatic N) is 2. The van der Waals surface area contributed by atoms with Crippen molar-refractivity contribution in [1.29, 1.82) is 0 Å². The van der Waals surface area contributed by atoms with Crippen LogP contribution in [0, 0.1) is 0 Å². The number of halogens is 1. The molecule has 1 aromatic rings. The van der Waals surface area contributed by atoms with E-state index in [1.165, 1.54) is 5.56 Å². The zero-order valence-electron chi connectivity index (χ0n) is 11.6. The quantitative estimate of drug-likeness (QED) is 0.649.